The molecule has 2 aromatic carbocycles. The summed E-state index contributed by atoms with van der Waals surface area (Å²) in [6.45, 7) is 1.59. The first-order valence-electron chi connectivity index (χ1n) is 12.5. The number of hydrogen-bond donors (Lipinski definition) is 5. The molecule has 0 aromatic heterocycles. The number of rotatable bonds is 10. The highest BCUT2D eigenvalue weighted by Crippen LogP contribution is 2.52. The molecule has 7 unspecified atom stereocenters. The number of unbranched alkanes of at least 4 members (excludes halogenated alkanes) is 1. The van der Waals surface area contributed by atoms with Crippen LogP contribution in [-0.2, 0) is 15.9 Å². The summed E-state index contributed by atoms with van der Waals surface area (Å²) in [7, 11) is 3.05. The van der Waals surface area contributed by atoms with Crippen molar-refractivity contribution in [1.82, 2.24) is 0 Å². The summed E-state index contributed by atoms with van der Waals surface area (Å²) in [5.74, 6) is 1.07. The lowest BCUT2D eigenvalue weighted by atomic mass is 9.89. The van der Waals surface area contributed by atoms with Crippen molar-refractivity contribution < 1.29 is 49.2 Å². The zero-order valence-electron chi connectivity index (χ0n) is 21.2. The molecular formula is C27H36O10. The lowest BCUT2D eigenvalue weighted by Gasteiger charge is -2.40. The van der Waals surface area contributed by atoms with E-state index in [2.05, 4.69) is 13.0 Å². The van der Waals surface area contributed by atoms with E-state index in [9.17, 15) is 25.5 Å². The molecule has 1 fully saturated rings. The fraction of sp³-hybridized carbons (Fsp3) is 0.556. The molecule has 10 heteroatoms. The highest BCUT2D eigenvalue weighted by molar-refractivity contribution is 5.56. The Balaban J connectivity index is 1.68. The standard InChI is InChI=1S/C27H36O10/c1-4-5-6-14-9-16-17(13-35-27-24(32)23(31)22(30)21(12-28)36-27)25(37-26(16)20(10-14)34-3)15-7-8-18(29)19(11-15)33-2/h7-11,17,21-25,27-32H,4-6,12-13H2,1-3H3. The van der Waals surface area contributed by atoms with Gasteiger partial charge in [-0.15, -0.1) is 0 Å². The van der Waals surface area contributed by atoms with Gasteiger partial charge in [-0.25, -0.2) is 0 Å². The maximum Gasteiger partial charge on any atom is 0.186 e. The molecule has 4 rings (SSSR count). The van der Waals surface area contributed by atoms with Gasteiger partial charge in [-0.2, -0.15) is 0 Å². The minimum atomic E-state index is -1.54. The van der Waals surface area contributed by atoms with Crippen LogP contribution in [0.2, 0.25) is 0 Å². The number of ether oxygens (including phenoxy) is 5. The fourth-order valence-electron chi connectivity index (χ4n) is 4.89. The maximum absolute atomic E-state index is 10.5. The molecule has 0 amide bonds. The predicted octanol–water partition coefficient (Wildman–Crippen LogP) is 1.79. The Labute approximate surface area is 215 Å². The number of benzene rings is 2. The van der Waals surface area contributed by atoms with Gasteiger partial charge in [0, 0.05) is 5.56 Å². The number of fused-ring (bicyclic) bond motifs is 1. The van der Waals surface area contributed by atoms with Crippen LogP contribution in [0.25, 0.3) is 0 Å². The number of aryl methyl sites for hydroxylation is 1. The maximum atomic E-state index is 10.5. The van der Waals surface area contributed by atoms with Crippen LogP contribution < -0.4 is 14.2 Å². The molecule has 0 spiro atoms. The number of phenolic OH excluding ortho intramolecular Hbond substituents is 1. The van der Waals surface area contributed by atoms with E-state index in [4.69, 9.17) is 23.7 Å². The lowest BCUT2D eigenvalue weighted by Crippen LogP contribution is -2.59. The summed E-state index contributed by atoms with van der Waals surface area (Å²) in [5, 5.41) is 50.3. The quantitative estimate of drug-likeness (QED) is 0.314. The predicted molar refractivity (Wildman–Crippen MR) is 132 cm³/mol. The van der Waals surface area contributed by atoms with Gasteiger partial charge in [0.2, 0.25) is 0 Å². The SMILES string of the molecule is CCCCc1cc(OC)c2c(c1)C(COC1OC(CO)C(O)C(O)C1O)C(c1ccc(O)c(OC)c1)O2. The van der Waals surface area contributed by atoms with E-state index in [1.807, 2.05) is 6.07 Å². The van der Waals surface area contributed by atoms with Crippen molar-refractivity contribution in [3.05, 3.63) is 47.0 Å². The molecular weight excluding hydrogens is 484 g/mol. The second kappa shape index (κ2) is 11.8. The molecule has 2 aromatic rings. The van der Waals surface area contributed by atoms with Crippen LogP contribution in [0.4, 0.5) is 0 Å². The van der Waals surface area contributed by atoms with Crippen molar-refractivity contribution in [3.63, 3.8) is 0 Å². The highest BCUT2D eigenvalue weighted by Gasteiger charge is 2.45. The van der Waals surface area contributed by atoms with Gasteiger partial charge in [-0.3, -0.25) is 0 Å². The average Bonchev–Trinajstić information content (AvgIpc) is 3.28. The Hall–Kier alpha value is -2.60. The largest absolute Gasteiger partial charge is 0.504 e. The van der Waals surface area contributed by atoms with Crippen LogP contribution in [0.15, 0.2) is 30.3 Å². The minimum Gasteiger partial charge on any atom is -0.504 e. The van der Waals surface area contributed by atoms with Gasteiger partial charge in [0.05, 0.1) is 33.4 Å². The van der Waals surface area contributed by atoms with Gasteiger partial charge in [0.25, 0.3) is 0 Å². The minimum absolute atomic E-state index is 0.00434. The number of methoxy groups -OCH3 is 2. The number of aromatic hydroxyl groups is 1. The topological polar surface area (TPSA) is 147 Å². The van der Waals surface area contributed by atoms with Gasteiger partial charge >= 0.3 is 0 Å². The third-order valence-electron chi connectivity index (χ3n) is 7.01. The number of aliphatic hydroxyl groups excluding tert-OH is 4. The summed E-state index contributed by atoms with van der Waals surface area (Å²) in [6, 6.07) is 8.98. The van der Waals surface area contributed by atoms with Crippen LogP contribution in [0, 0.1) is 0 Å². The van der Waals surface area contributed by atoms with E-state index in [1.165, 1.54) is 13.2 Å². The normalized spacial score (nSPS) is 29.0. The average molecular weight is 521 g/mol. The van der Waals surface area contributed by atoms with Crippen molar-refractivity contribution in [2.75, 3.05) is 27.4 Å². The highest BCUT2D eigenvalue weighted by atomic mass is 16.7. The van der Waals surface area contributed by atoms with Gasteiger partial charge in [0.1, 0.15) is 30.5 Å². The van der Waals surface area contributed by atoms with Crippen molar-refractivity contribution >= 4 is 0 Å². The second-order valence-electron chi connectivity index (χ2n) is 9.43. The molecule has 2 aliphatic heterocycles. The van der Waals surface area contributed by atoms with E-state index in [0.29, 0.717) is 17.2 Å². The van der Waals surface area contributed by atoms with E-state index in [1.54, 1.807) is 19.2 Å². The Morgan fingerprint density at radius 3 is 2.38 bits per heavy atom. The molecule has 0 saturated carbocycles. The summed E-state index contributed by atoms with van der Waals surface area (Å²) in [4.78, 5) is 0. The van der Waals surface area contributed by atoms with Gasteiger partial charge < -0.3 is 49.2 Å². The smallest absolute Gasteiger partial charge is 0.186 e. The molecule has 7 atom stereocenters. The van der Waals surface area contributed by atoms with Crippen LogP contribution in [-0.4, -0.2) is 83.7 Å². The number of hydrogen-bond acceptors (Lipinski definition) is 10. The lowest BCUT2D eigenvalue weighted by molar-refractivity contribution is -0.302. The van der Waals surface area contributed by atoms with Crippen molar-refractivity contribution in [2.24, 2.45) is 0 Å². The van der Waals surface area contributed by atoms with Crippen LogP contribution in [0.3, 0.4) is 0 Å². The van der Waals surface area contributed by atoms with Crippen molar-refractivity contribution in [3.8, 4) is 23.0 Å². The third-order valence-corrected chi connectivity index (χ3v) is 7.01. The summed E-state index contributed by atoms with van der Waals surface area (Å²) in [5.41, 5.74) is 2.67. The Kier molecular flexibility index (Phi) is 8.79. The van der Waals surface area contributed by atoms with E-state index >= 15 is 0 Å². The first-order chi connectivity index (χ1) is 17.8. The molecule has 1 saturated heterocycles. The van der Waals surface area contributed by atoms with Crippen LogP contribution in [0.5, 0.6) is 23.0 Å². The molecule has 2 heterocycles. The second-order valence-corrected chi connectivity index (χ2v) is 9.43. The third kappa shape index (κ3) is 5.50. The van der Waals surface area contributed by atoms with Crippen LogP contribution in [0.1, 0.15) is 48.5 Å². The van der Waals surface area contributed by atoms with Gasteiger partial charge in [-0.1, -0.05) is 25.5 Å². The van der Waals surface area contributed by atoms with E-state index in [0.717, 1.165) is 36.0 Å². The molecule has 37 heavy (non-hydrogen) atoms. The molecule has 10 nitrogen and oxygen atoms in total. The summed E-state index contributed by atoms with van der Waals surface area (Å²) < 4.78 is 28.8. The van der Waals surface area contributed by atoms with Gasteiger partial charge in [0.15, 0.2) is 29.3 Å². The molecule has 204 valence electrons. The molecule has 2 aliphatic rings. The molecule has 0 aliphatic carbocycles. The zero-order valence-corrected chi connectivity index (χ0v) is 21.2. The first-order valence-corrected chi connectivity index (χ1v) is 12.5. The Morgan fingerprint density at radius 2 is 1.70 bits per heavy atom. The monoisotopic (exact) mass is 520 g/mol. The number of phenols is 1. The zero-order chi connectivity index (χ0) is 26.7. The summed E-state index contributed by atoms with van der Waals surface area (Å²) in [6.07, 6.45) is -4.53. The van der Waals surface area contributed by atoms with Crippen molar-refractivity contribution in [2.45, 2.75) is 68.9 Å². The Bertz CT molecular complexity index is 1060. The van der Waals surface area contributed by atoms with E-state index < -0.39 is 43.4 Å². The summed E-state index contributed by atoms with van der Waals surface area (Å²) >= 11 is 0. The molecule has 0 bridgehead atoms. The van der Waals surface area contributed by atoms with E-state index in [-0.39, 0.29) is 18.3 Å². The Morgan fingerprint density at radius 1 is 0.946 bits per heavy atom. The molecule has 0 radical (unpaired) electrons. The van der Waals surface area contributed by atoms with Crippen LogP contribution >= 0.6 is 0 Å². The van der Waals surface area contributed by atoms with Gasteiger partial charge in [-0.05, 0) is 42.2 Å². The molecule has 5 N–H and O–H groups in total. The number of aliphatic hydroxyl groups is 4. The first kappa shape index (κ1) is 27.4. The van der Waals surface area contributed by atoms with Crippen molar-refractivity contribution in [1.29, 1.82) is 0 Å². The fourth-order valence-corrected chi connectivity index (χ4v) is 4.89.